The van der Waals surface area contributed by atoms with E-state index >= 15 is 0 Å². The average molecular weight is 229 g/mol. The highest BCUT2D eigenvalue weighted by atomic mass is 19.1. The van der Waals surface area contributed by atoms with Crippen molar-refractivity contribution in [3.8, 4) is 11.1 Å². The highest BCUT2D eigenvalue weighted by molar-refractivity contribution is 5.74. The van der Waals surface area contributed by atoms with Crippen molar-refractivity contribution in [2.24, 2.45) is 0 Å². The fourth-order valence-corrected chi connectivity index (χ4v) is 1.57. The molecule has 0 radical (unpaired) electrons. The van der Waals surface area contributed by atoms with Crippen LogP contribution in [0.4, 0.5) is 4.39 Å². The first-order chi connectivity index (χ1) is 8.31. The maximum absolute atomic E-state index is 12.9. The van der Waals surface area contributed by atoms with E-state index in [2.05, 4.69) is 4.98 Å². The van der Waals surface area contributed by atoms with E-state index in [1.165, 1.54) is 12.1 Å². The van der Waals surface area contributed by atoms with E-state index in [9.17, 15) is 4.39 Å². The lowest BCUT2D eigenvalue weighted by Crippen LogP contribution is -1.85. The molecule has 0 saturated carbocycles. The highest BCUT2D eigenvalue weighted by Gasteiger charge is 2.02. The van der Waals surface area contributed by atoms with Gasteiger partial charge in [0, 0.05) is 18.0 Å². The van der Waals surface area contributed by atoms with Gasteiger partial charge >= 0.3 is 0 Å². The lowest BCUT2D eigenvalue weighted by molar-refractivity contribution is 0.341. The van der Waals surface area contributed by atoms with E-state index in [4.69, 9.17) is 4.74 Å². The van der Waals surface area contributed by atoms with Crippen LogP contribution in [0.25, 0.3) is 17.2 Å². The van der Waals surface area contributed by atoms with Gasteiger partial charge in [-0.05, 0) is 35.4 Å². The fourth-order valence-electron chi connectivity index (χ4n) is 1.57. The lowest BCUT2D eigenvalue weighted by atomic mass is 10.0. The number of halogens is 1. The zero-order valence-electron chi connectivity index (χ0n) is 9.43. The molecule has 0 spiro atoms. The van der Waals surface area contributed by atoms with Gasteiger partial charge in [0.15, 0.2) is 0 Å². The summed E-state index contributed by atoms with van der Waals surface area (Å²) < 4.78 is 17.7. The minimum atomic E-state index is -0.239. The van der Waals surface area contributed by atoms with E-state index in [0.29, 0.717) is 0 Å². The van der Waals surface area contributed by atoms with Crippen LogP contribution in [-0.4, -0.2) is 12.1 Å². The maximum Gasteiger partial charge on any atom is 0.123 e. The first-order valence-corrected chi connectivity index (χ1v) is 5.20. The molecule has 0 atom stereocenters. The zero-order chi connectivity index (χ0) is 12.1. The number of nitrogens with zero attached hydrogens (tertiary/aromatic N) is 1. The van der Waals surface area contributed by atoms with Crippen molar-refractivity contribution in [3.05, 3.63) is 60.4 Å². The number of ether oxygens (including phenoxy) is 1. The van der Waals surface area contributed by atoms with Gasteiger partial charge in [-0.2, -0.15) is 0 Å². The molecule has 1 aromatic heterocycles. The minimum absolute atomic E-state index is 0.239. The number of methoxy groups -OCH3 is 1. The summed E-state index contributed by atoms with van der Waals surface area (Å²) >= 11 is 0. The smallest absolute Gasteiger partial charge is 0.123 e. The van der Waals surface area contributed by atoms with Crippen LogP contribution in [0.15, 0.2) is 49.0 Å². The zero-order valence-corrected chi connectivity index (χ0v) is 9.43. The molecule has 0 bridgehead atoms. The monoisotopic (exact) mass is 229 g/mol. The Bertz CT molecular complexity index is 520. The SMILES string of the molecule is CO/C=C/c1cnccc1-c1ccc(F)cc1. The van der Waals surface area contributed by atoms with Gasteiger partial charge in [-0.25, -0.2) is 4.39 Å². The largest absolute Gasteiger partial charge is 0.504 e. The molecule has 0 fully saturated rings. The Morgan fingerprint density at radius 3 is 2.65 bits per heavy atom. The molecule has 1 aromatic carbocycles. The normalized spacial score (nSPS) is 10.7. The average Bonchev–Trinajstić information content (AvgIpc) is 2.38. The maximum atomic E-state index is 12.9. The summed E-state index contributed by atoms with van der Waals surface area (Å²) in [7, 11) is 1.59. The van der Waals surface area contributed by atoms with Crippen LogP contribution in [0.5, 0.6) is 0 Å². The fraction of sp³-hybridized carbons (Fsp3) is 0.0714. The summed E-state index contributed by atoms with van der Waals surface area (Å²) in [5.41, 5.74) is 2.87. The Morgan fingerprint density at radius 2 is 1.94 bits per heavy atom. The van der Waals surface area contributed by atoms with Crippen LogP contribution in [0.1, 0.15) is 5.56 Å². The van der Waals surface area contributed by atoms with Crippen LogP contribution in [0, 0.1) is 5.82 Å². The molecule has 1 heterocycles. The quantitative estimate of drug-likeness (QED) is 0.751. The molecule has 0 aliphatic carbocycles. The summed E-state index contributed by atoms with van der Waals surface area (Å²) in [5.74, 6) is -0.239. The van der Waals surface area contributed by atoms with Crippen LogP contribution in [0.2, 0.25) is 0 Å². The van der Waals surface area contributed by atoms with Gasteiger partial charge in [0.2, 0.25) is 0 Å². The Morgan fingerprint density at radius 1 is 1.18 bits per heavy atom. The molecule has 2 aromatic rings. The van der Waals surface area contributed by atoms with Crippen molar-refractivity contribution < 1.29 is 9.13 Å². The van der Waals surface area contributed by atoms with Crippen LogP contribution in [0.3, 0.4) is 0 Å². The van der Waals surface area contributed by atoms with Gasteiger partial charge in [0.1, 0.15) is 5.82 Å². The molecule has 17 heavy (non-hydrogen) atoms. The third-order valence-electron chi connectivity index (χ3n) is 2.39. The lowest BCUT2D eigenvalue weighted by Gasteiger charge is -2.05. The molecular weight excluding hydrogens is 217 g/mol. The second kappa shape index (κ2) is 5.25. The summed E-state index contributed by atoms with van der Waals surface area (Å²) in [4.78, 5) is 4.06. The van der Waals surface area contributed by atoms with Gasteiger partial charge in [0.05, 0.1) is 13.4 Å². The van der Waals surface area contributed by atoms with Gasteiger partial charge < -0.3 is 4.74 Å². The molecule has 0 saturated heterocycles. The Labute approximate surface area is 99.4 Å². The first-order valence-electron chi connectivity index (χ1n) is 5.20. The van der Waals surface area contributed by atoms with E-state index in [1.807, 2.05) is 12.1 Å². The van der Waals surface area contributed by atoms with Crippen LogP contribution in [-0.2, 0) is 4.74 Å². The van der Waals surface area contributed by atoms with E-state index in [0.717, 1.165) is 16.7 Å². The standard InChI is InChI=1S/C14H12FNO/c1-17-9-7-12-10-16-8-6-14(12)11-2-4-13(15)5-3-11/h2-10H,1H3/b9-7+. The summed E-state index contributed by atoms with van der Waals surface area (Å²) in [6, 6.07) is 8.27. The van der Waals surface area contributed by atoms with Crippen molar-refractivity contribution in [3.63, 3.8) is 0 Å². The van der Waals surface area contributed by atoms with Crippen molar-refractivity contribution in [1.29, 1.82) is 0 Å². The molecule has 0 aliphatic rings. The third-order valence-corrected chi connectivity index (χ3v) is 2.39. The number of rotatable bonds is 3. The minimum Gasteiger partial charge on any atom is -0.504 e. The predicted molar refractivity (Wildman–Crippen MR) is 65.7 cm³/mol. The molecule has 86 valence electrons. The van der Waals surface area contributed by atoms with Crippen LogP contribution >= 0.6 is 0 Å². The summed E-state index contributed by atoms with van der Waals surface area (Å²) in [6.07, 6.45) is 6.87. The second-order valence-electron chi connectivity index (χ2n) is 3.51. The molecule has 0 aliphatic heterocycles. The molecule has 2 nitrogen and oxygen atoms in total. The summed E-state index contributed by atoms with van der Waals surface area (Å²) in [5, 5.41) is 0. The Hall–Kier alpha value is -2.16. The highest BCUT2D eigenvalue weighted by Crippen LogP contribution is 2.24. The van der Waals surface area contributed by atoms with Gasteiger partial charge in [0.25, 0.3) is 0 Å². The third kappa shape index (κ3) is 2.69. The summed E-state index contributed by atoms with van der Waals surface area (Å²) in [6.45, 7) is 0. The van der Waals surface area contributed by atoms with Crippen molar-refractivity contribution in [1.82, 2.24) is 4.98 Å². The van der Waals surface area contributed by atoms with Gasteiger partial charge in [-0.1, -0.05) is 12.1 Å². The van der Waals surface area contributed by atoms with Gasteiger partial charge in [-0.3, -0.25) is 4.98 Å². The topological polar surface area (TPSA) is 22.1 Å². The predicted octanol–water partition coefficient (Wildman–Crippen LogP) is 3.50. The van der Waals surface area contributed by atoms with Crippen molar-refractivity contribution in [2.45, 2.75) is 0 Å². The molecule has 2 rings (SSSR count). The number of aromatic nitrogens is 1. The van der Waals surface area contributed by atoms with Crippen LogP contribution < -0.4 is 0 Å². The number of hydrogen-bond donors (Lipinski definition) is 0. The Balaban J connectivity index is 2.44. The number of benzene rings is 1. The Kier molecular flexibility index (Phi) is 3.50. The molecule has 0 N–H and O–H groups in total. The number of hydrogen-bond acceptors (Lipinski definition) is 2. The van der Waals surface area contributed by atoms with E-state index in [1.54, 1.807) is 37.9 Å². The number of pyridine rings is 1. The van der Waals surface area contributed by atoms with E-state index in [-0.39, 0.29) is 5.82 Å². The molecule has 3 heteroatoms. The van der Waals surface area contributed by atoms with Crippen molar-refractivity contribution >= 4 is 6.08 Å². The second-order valence-corrected chi connectivity index (χ2v) is 3.51. The van der Waals surface area contributed by atoms with Crippen molar-refractivity contribution in [2.75, 3.05) is 7.11 Å². The molecule has 0 unspecified atom stereocenters. The molecule has 0 amide bonds. The van der Waals surface area contributed by atoms with Gasteiger partial charge in [-0.15, -0.1) is 0 Å². The first kappa shape index (κ1) is 11.3. The van der Waals surface area contributed by atoms with E-state index < -0.39 is 0 Å². The molecular formula is C14H12FNO.